The van der Waals surface area contributed by atoms with E-state index in [-0.39, 0.29) is 12.1 Å². The van der Waals surface area contributed by atoms with Crippen LogP contribution < -0.4 is 10.2 Å². The SMILES string of the molecule is CC(Nc1nccc(N2CCOC2=O)n1)c1cnn(-c2ccccc2)c1. The average molecular weight is 350 g/mol. The minimum absolute atomic E-state index is 0.0479. The van der Waals surface area contributed by atoms with E-state index in [9.17, 15) is 4.79 Å². The van der Waals surface area contributed by atoms with Crippen LogP contribution in [-0.2, 0) is 4.74 Å². The van der Waals surface area contributed by atoms with E-state index < -0.39 is 0 Å². The summed E-state index contributed by atoms with van der Waals surface area (Å²) in [4.78, 5) is 21.8. The first-order chi connectivity index (χ1) is 12.7. The number of aromatic nitrogens is 4. The fourth-order valence-electron chi connectivity index (χ4n) is 2.73. The first kappa shape index (κ1) is 16.1. The van der Waals surface area contributed by atoms with E-state index in [1.165, 1.54) is 4.90 Å². The van der Waals surface area contributed by atoms with E-state index in [1.807, 2.05) is 54.3 Å². The lowest BCUT2D eigenvalue weighted by molar-refractivity contribution is 0.181. The van der Waals surface area contributed by atoms with Crippen molar-refractivity contribution < 1.29 is 9.53 Å². The highest BCUT2D eigenvalue weighted by Crippen LogP contribution is 2.21. The van der Waals surface area contributed by atoms with Crippen LogP contribution in [-0.4, -0.2) is 39.0 Å². The van der Waals surface area contributed by atoms with Gasteiger partial charge in [-0.2, -0.15) is 10.1 Å². The molecule has 1 saturated heterocycles. The Hall–Kier alpha value is -3.42. The van der Waals surface area contributed by atoms with Crippen molar-refractivity contribution in [1.82, 2.24) is 19.7 Å². The zero-order valence-electron chi connectivity index (χ0n) is 14.2. The molecule has 0 radical (unpaired) electrons. The second-order valence-corrected chi connectivity index (χ2v) is 5.92. The highest BCUT2D eigenvalue weighted by molar-refractivity contribution is 5.88. The van der Waals surface area contributed by atoms with Crippen molar-refractivity contribution >= 4 is 17.9 Å². The van der Waals surface area contributed by atoms with Gasteiger partial charge in [0.2, 0.25) is 5.95 Å². The highest BCUT2D eigenvalue weighted by atomic mass is 16.6. The van der Waals surface area contributed by atoms with Crippen molar-refractivity contribution in [3.8, 4) is 5.69 Å². The third-order valence-corrected chi connectivity index (χ3v) is 4.15. The van der Waals surface area contributed by atoms with Crippen molar-refractivity contribution in [2.24, 2.45) is 0 Å². The Morgan fingerprint density at radius 3 is 2.85 bits per heavy atom. The summed E-state index contributed by atoms with van der Waals surface area (Å²) >= 11 is 0. The number of amides is 1. The molecule has 0 spiro atoms. The van der Waals surface area contributed by atoms with Gasteiger partial charge in [0, 0.05) is 18.0 Å². The molecule has 1 N–H and O–H groups in total. The van der Waals surface area contributed by atoms with Gasteiger partial charge in [-0.1, -0.05) is 18.2 Å². The topological polar surface area (TPSA) is 85.2 Å². The minimum atomic E-state index is -0.383. The van der Waals surface area contributed by atoms with Gasteiger partial charge in [0.15, 0.2) is 0 Å². The molecule has 1 amide bonds. The van der Waals surface area contributed by atoms with Gasteiger partial charge >= 0.3 is 6.09 Å². The molecule has 0 aliphatic carbocycles. The van der Waals surface area contributed by atoms with Crippen LogP contribution in [0.1, 0.15) is 18.5 Å². The maximum absolute atomic E-state index is 11.7. The van der Waals surface area contributed by atoms with Gasteiger partial charge in [0.25, 0.3) is 0 Å². The lowest BCUT2D eigenvalue weighted by Crippen LogP contribution is -2.24. The number of hydrogen-bond acceptors (Lipinski definition) is 6. The van der Waals surface area contributed by atoms with Crippen molar-refractivity contribution in [1.29, 1.82) is 0 Å². The Morgan fingerprint density at radius 1 is 1.23 bits per heavy atom. The van der Waals surface area contributed by atoms with Gasteiger partial charge in [-0.15, -0.1) is 0 Å². The van der Waals surface area contributed by atoms with Crippen LogP contribution in [0.2, 0.25) is 0 Å². The summed E-state index contributed by atoms with van der Waals surface area (Å²) in [5.74, 6) is 0.972. The van der Waals surface area contributed by atoms with E-state index in [2.05, 4.69) is 20.4 Å². The van der Waals surface area contributed by atoms with Crippen molar-refractivity contribution in [2.75, 3.05) is 23.4 Å². The summed E-state index contributed by atoms with van der Waals surface area (Å²) in [6, 6.07) is 11.6. The summed E-state index contributed by atoms with van der Waals surface area (Å²) in [5.41, 5.74) is 2.00. The third-order valence-electron chi connectivity index (χ3n) is 4.15. The molecule has 1 aliphatic heterocycles. The monoisotopic (exact) mass is 350 g/mol. The normalized spacial score (nSPS) is 15.0. The lowest BCUT2D eigenvalue weighted by atomic mass is 10.2. The smallest absolute Gasteiger partial charge is 0.415 e. The predicted octanol–water partition coefficient (Wildman–Crippen LogP) is 2.79. The largest absolute Gasteiger partial charge is 0.447 e. The molecule has 1 atom stereocenters. The van der Waals surface area contributed by atoms with Crippen LogP contribution in [0.3, 0.4) is 0 Å². The van der Waals surface area contributed by atoms with E-state index >= 15 is 0 Å². The quantitative estimate of drug-likeness (QED) is 0.762. The molecule has 3 aromatic rings. The second kappa shape index (κ2) is 6.83. The molecule has 2 aromatic heterocycles. The number of hydrogen-bond donors (Lipinski definition) is 1. The standard InChI is InChI=1S/C18H18N6O2/c1-13(14-11-20-24(12-14)15-5-3-2-4-6-15)21-17-19-8-7-16(22-17)23-9-10-26-18(23)25/h2-8,11-13H,9-10H2,1H3,(H,19,21,22). The maximum atomic E-state index is 11.7. The molecule has 1 aromatic carbocycles. The fraction of sp³-hybridized carbons (Fsp3) is 0.222. The first-order valence-electron chi connectivity index (χ1n) is 8.34. The molecule has 1 unspecified atom stereocenters. The summed E-state index contributed by atoms with van der Waals surface area (Å²) in [7, 11) is 0. The molecular weight excluding hydrogens is 332 g/mol. The van der Waals surface area contributed by atoms with Crippen LogP contribution in [0.5, 0.6) is 0 Å². The summed E-state index contributed by atoms with van der Waals surface area (Å²) in [5, 5.41) is 7.65. The van der Waals surface area contributed by atoms with Crippen LogP contribution >= 0.6 is 0 Å². The van der Waals surface area contributed by atoms with E-state index in [4.69, 9.17) is 4.74 Å². The van der Waals surface area contributed by atoms with Gasteiger partial charge in [-0.05, 0) is 25.1 Å². The van der Waals surface area contributed by atoms with E-state index in [0.29, 0.717) is 24.9 Å². The van der Waals surface area contributed by atoms with Crippen LogP contribution in [0, 0.1) is 0 Å². The molecule has 8 heteroatoms. The number of carbonyl (C=O) groups excluding carboxylic acids is 1. The van der Waals surface area contributed by atoms with Gasteiger partial charge in [0.1, 0.15) is 12.4 Å². The van der Waals surface area contributed by atoms with Gasteiger partial charge in [-0.3, -0.25) is 4.90 Å². The summed E-state index contributed by atoms with van der Waals surface area (Å²) in [6.45, 7) is 2.88. The summed E-state index contributed by atoms with van der Waals surface area (Å²) in [6.07, 6.45) is 5.02. The molecule has 1 fully saturated rings. The molecule has 26 heavy (non-hydrogen) atoms. The van der Waals surface area contributed by atoms with Crippen molar-refractivity contribution in [3.05, 3.63) is 60.6 Å². The van der Waals surface area contributed by atoms with Gasteiger partial charge in [-0.25, -0.2) is 14.5 Å². The number of rotatable bonds is 5. The average Bonchev–Trinajstić information content (AvgIpc) is 3.32. The fourth-order valence-corrected chi connectivity index (χ4v) is 2.73. The lowest BCUT2D eigenvalue weighted by Gasteiger charge is -2.15. The van der Waals surface area contributed by atoms with Crippen molar-refractivity contribution in [2.45, 2.75) is 13.0 Å². The number of para-hydroxylation sites is 1. The van der Waals surface area contributed by atoms with E-state index in [1.54, 1.807) is 12.3 Å². The van der Waals surface area contributed by atoms with Crippen molar-refractivity contribution in [3.63, 3.8) is 0 Å². The molecule has 3 heterocycles. The zero-order chi connectivity index (χ0) is 17.9. The molecule has 1 aliphatic rings. The van der Waals surface area contributed by atoms with Crippen LogP contribution in [0.25, 0.3) is 5.69 Å². The number of nitrogens with one attached hydrogen (secondary N) is 1. The number of carbonyl (C=O) groups is 1. The molecular formula is C18H18N6O2. The van der Waals surface area contributed by atoms with E-state index in [0.717, 1.165) is 11.3 Å². The van der Waals surface area contributed by atoms with Crippen LogP contribution in [0.4, 0.5) is 16.6 Å². The maximum Gasteiger partial charge on any atom is 0.415 e. The Bertz CT molecular complexity index is 911. The highest BCUT2D eigenvalue weighted by Gasteiger charge is 2.25. The minimum Gasteiger partial charge on any atom is -0.447 e. The number of cyclic esters (lactones) is 1. The first-order valence-corrected chi connectivity index (χ1v) is 8.34. The second-order valence-electron chi connectivity index (χ2n) is 5.92. The Balaban J connectivity index is 1.49. The molecule has 0 saturated carbocycles. The predicted molar refractivity (Wildman–Crippen MR) is 96.3 cm³/mol. The number of anilines is 2. The third kappa shape index (κ3) is 3.21. The Labute approximate surface area is 150 Å². The van der Waals surface area contributed by atoms with Gasteiger partial charge in [0.05, 0.1) is 24.5 Å². The van der Waals surface area contributed by atoms with Gasteiger partial charge < -0.3 is 10.1 Å². The zero-order valence-corrected chi connectivity index (χ0v) is 14.2. The number of nitrogens with zero attached hydrogens (tertiary/aromatic N) is 5. The number of ether oxygens (including phenoxy) is 1. The molecule has 0 bridgehead atoms. The molecule has 4 rings (SSSR count). The Morgan fingerprint density at radius 2 is 2.08 bits per heavy atom. The molecule has 132 valence electrons. The Kier molecular flexibility index (Phi) is 4.22. The molecule has 8 nitrogen and oxygen atoms in total. The summed E-state index contributed by atoms with van der Waals surface area (Å²) < 4.78 is 6.77. The number of benzene rings is 1. The van der Waals surface area contributed by atoms with Crippen LogP contribution in [0.15, 0.2) is 55.0 Å².